The molecule has 0 bridgehead atoms. The van der Waals surface area contributed by atoms with Crippen LogP contribution in [0.4, 0.5) is 0 Å². The van der Waals surface area contributed by atoms with Crippen molar-refractivity contribution in [2.45, 2.75) is 0 Å². The first-order valence-corrected chi connectivity index (χ1v) is 5.14. The van der Waals surface area contributed by atoms with Gasteiger partial charge in [0.2, 0.25) is 0 Å². The molecule has 76 valence electrons. The second kappa shape index (κ2) is 4.32. The van der Waals surface area contributed by atoms with Crippen molar-refractivity contribution >= 4 is 28.1 Å². The van der Waals surface area contributed by atoms with Crippen molar-refractivity contribution in [3.05, 3.63) is 48.0 Å². The topological polar surface area (TPSA) is 32.6 Å². The third-order valence-corrected chi connectivity index (χ3v) is 2.58. The van der Waals surface area contributed by atoms with E-state index in [2.05, 4.69) is 5.16 Å². The highest BCUT2D eigenvalue weighted by Crippen LogP contribution is 2.16. The lowest BCUT2D eigenvalue weighted by molar-refractivity contribution is 0.319. The number of nitrogens with zero attached hydrogens (tertiary/aromatic N) is 1. The fraction of sp³-hybridized carbons (Fsp3) is 0.0833. The lowest BCUT2D eigenvalue weighted by Crippen LogP contribution is -2.02. The van der Waals surface area contributed by atoms with E-state index in [4.69, 9.17) is 16.8 Å². The van der Waals surface area contributed by atoms with E-state index < -0.39 is 0 Å². The summed E-state index contributed by atoms with van der Waals surface area (Å²) in [6.07, 6.45) is 0. The fourth-order valence-electron chi connectivity index (χ4n) is 1.53. The molecule has 0 fully saturated rings. The van der Waals surface area contributed by atoms with Crippen molar-refractivity contribution in [1.29, 1.82) is 0 Å². The van der Waals surface area contributed by atoms with E-state index in [1.807, 2.05) is 42.5 Å². The molecule has 0 heterocycles. The zero-order valence-electron chi connectivity index (χ0n) is 8.02. The molecular weight excluding hydrogens is 210 g/mol. The first kappa shape index (κ1) is 9.99. The van der Waals surface area contributed by atoms with Gasteiger partial charge in [-0.05, 0) is 16.8 Å². The maximum Gasteiger partial charge on any atom is 0.101 e. The van der Waals surface area contributed by atoms with E-state index in [1.165, 1.54) is 0 Å². The monoisotopic (exact) mass is 219 g/mol. The maximum absolute atomic E-state index is 8.76. The molecule has 0 aliphatic carbocycles. The first-order chi connectivity index (χ1) is 7.35. The molecule has 0 aliphatic heterocycles. The Balaban J connectivity index is 2.56. The normalized spacial score (nSPS) is 11.9. The molecule has 0 aliphatic rings. The highest BCUT2D eigenvalue weighted by Gasteiger charge is 2.03. The number of halogens is 1. The Morgan fingerprint density at radius 3 is 2.53 bits per heavy atom. The molecule has 0 radical (unpaired) electrons. The molecule has 2 rings (SSSR count). The number of alkyl halides is 1. The maximum atomic E-state index is 8.76. The molecular formula is C12H10ClNO. The molecule has 2 nitrogen and oxygen atoms in total. The molecule has 0 spiro atoms. The van der Waals surface area contributed by atoms with Crippen LogP contribution in [0.25, 0.3) is 10.8 Å². The summed E-state index contributed by atoms with van der Waals surface area (Å²) < 4.78 is 0. The van der Waals surface area contributed by atoms with Crippen LogP contribution in [0, 0.1) is 0 Å². The van der Waals surface area contributed by atoms with Gasteiger partial charge in [0.15, 0.2) is 0 Å². The summed E-state index contributed by atoms with van der Waals surface area (Å²) >= 11 is 5.66. The average Bonchev–Trinajstić information content (AvgIpc) is 2.30. The van der Waals surface area contributed by atoms with Gasteiger partial charge in [0.05, 0.1) is 5.88 Å². The fourth-order valence-corrected chi connectivity index (χ4v) is 1.74. The van der Waals surface area contributed by atoms with Gasteiger partial charge in [-0.3, -0.25) is 0 Å². The Bertz CT molecular complexity index is 508. The second-order valence-corrected chi connectivity index (χ2v) is 3.51. The van der Waals surface area contributed by atoms with Gasteiger partial charge >= 0.3 is 0 Å². The van der Waals surface area contributed by atoms with Gasteiger partial charge in [0.1, 0.15) is 5.71 Å². The average molecular weight is 220 g/mol. The molecule has 0 aromatic heterocycles. The van der Waals surface area contributed by atoms with E-state index in [0.29, 0.717) is 5.71 Å². The molecule has 0 amide bonds. The molecule has 0 saturated carbocycles. The first-order valence-electron chi connectivity index (χ1n) is 4.61. The van der Waals surface area contributed by atoms with Crippen LogP contribution >= 0.6 is 11.6 Å². The van der Waals surface area contributed by atoms with Gasteiger partial charge in [0.25, 0.3) is 0 Å². The van der Waals surface area contributed by atoms with E-state index in [9.17, 15) is 0 Å². The Hall–Kier alpha value is -1.54. The Morgan fingerprint density at radius 1 is 1.13 bits per heavy atom. The molecule has 15 heavy (non-hydrogen) atoms. The molecule has 0 atom stereocenters. The molecule has 0 saturated heterocycles. The van der Waals surface area contributed by atoms with E-state index in [1.54, 1.807) is 0 Å². The standard InChI is InChI=1S/C12H10ClNO/c13-8-12(14-15)11-6-5-9-3-1-2-4-10(9)7-11/h1-7,15H,8H2/b14-12-. The molecule has 3 heteroatoms. The largest absolute Gasteiger partial charge is 0.411 e. The van der Waals surface area contributed by atoms with Gasteiger partial charge in [-0.25, -0.2) is 0 Å². The number of oxime groups is 1. The Morgan fingerprint density at radius 2 is 1.87 bits per heavy atom. The molecule has 2 aromatic carbocycles. The third kappa shape index (κ3) is 1.95. The second-order valence-electron chi connectivity index (χ2n) is 3.24. The van der Waals surface area contributed by atoms with Crippen LogP contribution in [0.1, 0.15) is 5.56 Å². The van der Waals surface area contributed by atoms with Crippen LogP contribution < -0.4 is 0 Å². The third-order valence-electron chi connectivity index (χ3n) is 2.33. The van der Waals surface area contributed by atoms with Gasteiger partial charge in [-0.2, -0.15) is 0 Å². The van der Waals surface area contributed by atoms with Crippen molar-refractivity contribution in [3.8, 4) is 0 Å². The number of benzene rings is 2. The summed E-state index contributed by atoms with van der Waals surface area (Å²) in [5, 5.41) is 14.2. The summed E-state index contributed by atoms with van der Waals surface area (Å²) in [7, 11) is 0. The lowest BCUT2D eigenvalue weighted by atomic mass is 10.0. The van der Waals surface area contributed by atoms with Crippen LogP contribution in [0.3, 0.4) is 0 Å². The van der Waals surface area contributed by atoms with E-state index in [0.717, 1.165) is 16.3 Å². The van der Waals surface area contributed by atoms with Crippen molar-refractivity contribution in [2.24, 2.45) is 5.16 Å². The molecule has 2 aromatic rings. The quantitative estimate of drug-likeness (QED) is 0.358. The Labute approximate surface area is 92.8 Å². The lowest BCUT2D eigenvalue weighted by Gasteiger charge is -2.02. The smallest absolute Gasteiger partial charge is 0.101 e. The highest BCUT2D eigenvalue weighted by molar-refractivity contribution is 6.31. The van der Waals surface area contributed by atoms with E-state index >= 15 is 0 Å². The predicted molar refractivity (Wildman–Crippen MR) is 63.0 cm³/mol. The molecule has 0 unspecified atom stereocenters. The minimum absolute atomic E-state index is 0.203. The Kier molecular flexibility index (Phi) is 2.88. The van der Waals surface area contributed by atoms with Crippen molar-refractivity contribution in [2.75, 3.05) is 5.88 Å². The summed E-state index contributed by atoms with van der Waals surface area (Å²) in [5.74, 6) is 0.203. The van der Waals surface area contributed by atoms with Gasteiger partial charge in [-0.15, -0.1) is 11.6 Å². The number of hydrogen-bond acceptors (Lipinski definition) is 2. The number of hydrogen-bond donors (Lipinski definition) is 1. The van der Waals surface area contributed by atoms with Crippen molar-refractivity contribution < 1.29 is 5.21 Å². The van der Waals surface area contributed by atoms with Crippen LogP contribution in [-0.2, 0) is 0 Å². The predicted octanol–water partition coefficient (Wildman–Crippen LogP) is 3.26. The van der Waals surface area contributed by atoms with Crippen LogP contribution in [0.2, 0.25) is 0 Å². The van der Waals surface area contributed by atoms with Gasteiger partial charge in [0, 0.05) is 5.56 Å². The summed E-state index contributed by atoms with van der Waals surface area (Å²) in [4.78, 5) is 0. The number of fused-ring (bicyclic) bond motifs is 1. The minimum Gasteiger partial charge on any atom is -0.411 e. The van der Waals surface area contributed by atoms with Crippen molar-refractivity contribution in [1.82, 2.24) is 0 Å². The zero-order valence-corrected chi connectivity index (χ0v) is 8.78. The molecule has 1 N–H and O–H groups in total. The summed E-state index contributed by atoms with van der Waals surface area (Å²) in [5.41, 5.74) is 1.34. The van der Waals surface area contributed by atoms with Crippen LogP contribution in [0.15, 0.2) is 47.6 Å². The highest BCUT2D eigenvalue weighted by atomic mass is 35.5. The van der Waals surface area contributed by atoms with E-state index in [-0.39, 0.29) is 5.88 Å². The number of rotatable bonds is 2. The SMILES string of the molecule is O/N=C(/CCl)c1ccc2ccccc2c1. The van der Waals surface area contributed by atoms with Gasteiger partial charge in [-0.1, -0.05) is 41.6 Å². The summed E-state index contributed by atoms with van der Waals surface area (Å²) in [6, 6.07) is 13.9. The van der Waals surface area contributed by atoms with Gasteiger partial charge < -0.3 is 5.21 Å². The minimum atomic E-state index is 0.203. The van der Waals surface area contributed by atoms with Crippen LogP contribution in [0.5, 0.6) is 0 Å². The zero-order chi connectivity index (χ0) is 10.7. The van der Waals surface area contributed by atoms with Crippen LogP contribution in [-0.4, -0.2) is 16.8 Å². The van der Waals surface area contributed by atoms with Crippen molar-refractivity contribution in [3.63, 3.8) is 0 Å². The summed E-state index contributed by atoms with van der Waals surface area (Å²) in [6.45, 7) is 0.